The molecular formula is C9H11F2NO. The first kappa shape index (κ1) is 10.1. The number of rotatable bonds is 3. The molecule has 0 aliphatic rings. The molecule has 3 N–H and O–H groups in total. The predicted octanol–water partition coefficient (Wildman–Crippen LogP) is 0.999. The minimum absolute atomic E-state index is 0.0941. The van der Waals surface area contributed by atoms with E-state index in [0.29, 0.717) is 0 Å². The highest BCUT2D eigenvalue weighted by molar-refractivity contribution is 5.23. The molecule has 0 aliphatic heterocycles. The quantitative estimate of drug-likeness (QED) is 0.741. The molecule has 1 rings (SSSR count). The Bertz CT molecular complexity index is 287. The number of aliphatic hydroxyl groups is 1. The molecule has 0 bridgehead atoms. The van der Waals surface area contributed by atoms with Gasteiger partial charge in [0.1, 0.15) is 0 Å². The number of nitrogens with two attached hydrogens (primary N) is 1. The van der Waals surface area contributed by atoms with Crippen LogP contribution < -0.4 is 5.73 Å². The van der Waals surface area contributed by atoms with Crippen LogP contribution in [0.1, 0.15) is 11.5 Å². The normalized spacial score (nSPS) is 12.9. The van der Waals surface area contributed by atoms with E-state index in [-0.39, 0.29) is 18.7 Å². The number of aliphatic hydroxyl groups excluding tert-OH is 1. The van der Waals surface area contributed by atoms with E-state index >= 15 is 0 Å². The van der Waals surface area contributed by atoms with Crippen molar-refractivity contribution in [2.45, 2.75) is 5.92 Å². The molecule has 0 radical (unpaired) electrons. The zero-order chi connectivity index (χ0) is 9.84. The van der Waals surface area contributed by atoms with E-state index in [4.69, 9.17) is 10.8 Å². The largest absolute Gasteiger partial charge is 0.396 e. The summed E-state index contributed by atoms with van der Waals surface area (Å²) in [5.41, 5.74) is 5.41. The summed E-state index contributed by atoms with van der Waals surface area (Å²) in [5, 5.41) is 8.83. The highest BCUT2D eigenvalue weighted by Crippen LogP contribution is 2.19. The Morgan fingerprint density at radius 3 is 2.62 bits per heavy atom. The summed E-state index contributed by atoms with van der Waals surface area (Å²) in [5.74, 6) is -2.37. The van der Waals surface area contributed by atoms with Crippen molar-refractivity contribution < 1.29 is 13.9 Å². The molecule has 1 aromatic rings. The van der Waals surface area contributed by atoms with E-state index in [0.717, 1.165) is 6.07 Å². The van der Waals surface area contributed by atoms with Gasteiger partial charge >= 0.3 is 0 Å². The van der Waals surface area contributed by atoms with Crippen LogP contribution in [0.5, 0.6) is 0 Å². The first-order valence-corrected chi connectivity index (χ1v) is 3.95. The van der Waals surface area contributed by atoms with E-state index in [2.05, 4.69) is 0 Å². The molecular weight excluding hydrogens is 176 g/mol. The SMILES string of the molecule is NCC(CO)c1cccc(F)c1F. The van der Waals surface area contributed by atoms with Gasteiger partial charge in [-0.1, -0.05) is 12.1 Å². The number of hydrogen-bond donors (Lipinski definition) is 2. The lowest BCUT2D eigenvalue weighted by molar-refractivity contribution is 0.264. The van der Waals surface area contributed by atoms with E-state index in [1.807, 2.05) is 0 Å². The first-order valence-electron chi connectivity index (χ1n) is 3.95. The molecule has 72 valence electrons. The van der Waals surface area contributed by atoms with Crippen molar-refractivity contribution in [2.24, 2.45) is 5.73 Å². The summed E-state index contributed by atoms with van der Waals surface area (Å²) < 4.78 is 25.8. The van der Waals surface area contributed by atoms with E-state index < -0.39 is 17.6 Å². The van der Waals surface area contributed by atoms with Crippen LogP contribution in [0, 0.1) is 11.6 Å². The van der Waals surface area contributed by atoms with Gasteiger partial charge in [0.05, 0.1) is 6.61 Å². The van der Waals surface area contributed by atoms with E-state index in [1.54, 1.807) is 0 Å². The fourth-order valence-corrected chi connectivity index (χ4v) is 1.14. The maximum atomic E-state index is 13.1. The second kappa shape index (κ2) is 4.30. The zero-order valence-electron chi connectivity index (χ0n) is 7.00. The Kier molecular flexibility index (Phi) is 3.33. The van der Waals surface area contributed by atoms with Crippen molar-refractivity contribution in [3.05, 3.63) is 35.4 Å². The van der Waals surface area contributed by atoms with Crippen LogP contribution in [0.3, 0.4) is 0 Å². The molecule has 0 spiro atoms. The molecule has 0 saturated carbocycles. The molecule has 1 unspecified atom stereocenters. The second-order valence-corrected chi connectivity index (χ2v) is 2.76. The molecule has 0 aliphatic carbocycles. The van der Waals surface area contributed by atoms with Crippen molar-refractivity contribution in [1.82, 2.24) is 0 Å². The molecule has 2 nitrogen and oxygen atoms in total. The lowest BCUT2D eigenvalue weighted by Crippen LogP contribution is -2.17. The minimum atomic E-state index is -0.924. The standard InChI is InChI=1S/C9H11F2NO/c10-8-3-1-2-7(9(8)11)6(4-12)5-13/h1-3,6,13H,4-5,12H2. The molecule has 0 saturated heterocycles. The molecule has 1 atom stereocenters. The van der Waals surface area contributed by atoms with Crippen molar-refractivity contribution in [2.75, 3.05) is 13.2 Å². The summed E-state index contributed by atoms with van der Waals surface area (Å²) in [4.78, 5) is 0. The van der Waals surface area contributed by atoms with Gasteiger partial charge in [-0.05, 0) is 11.6 Å². The molecule has 0 amide bonds. The van der Waals surface area contributed by atoms with Gasteiger partial charge in [-0.25, -0.2) is 8.78 Å². The summed E-state index contributed by atoms with van der Waals surface area (Å²) in [6.45, 7) is -0.187. The van der Waals surface area contributed by atoms with Crippen LogP contribution in [-0.2, 0) is 0 Å². The Morgan fingerprint density at radius 2 is 2.08 bits per heavy atom. The lowest BCUT2D eigenvalue weighted by atomic mass is 9.99. The van der Waals surface area contributed by atoms with Gasteiger partial charge in [0.25, 0.3) is 0 Å². The van der Waals surface area contributed by atoms with Gasteiger partial charge in [-0.15, -0.1) is 0 Å². The Balaban J connectivity index is 3.05. The monoisotopic (exact) mass is 187 g/mol. The van der Waals surface area contributed by atoms with Crippen LogP contribution in [-0.4, -0.2) is 18.3 Å². The number of halogens is 2. The van der Waals surface area contributed by atoms with Crippen molar-refractivity contribution in [3.63, 3.8) is 0 Å². The van der Waals surface area contributed by atoms with Crippen LogP contribution in [0.25, 0.3) is 0 Å². The maximum Gasteiger partial charge on any atom is 0.162 e. The van der Waals surface area contributed by atoms with E-state index in [1.165, 1.54) is 12.1 Å². The topological polar surface area (TPSA) is 46.2 Å². The smallest absolute Gasteiger partial charge is 0.162 e. The fraction of sp³-hybridized carbons (Fsp3) is 0.333. The van der Waals surface area contributed by atoms with Gasteiger partial charge in [-0.3, -0.25) is 0 Å². The zero-order valence-corrected chi connectivity index (χ0v) is 7.00. The van der Waals surface area contributed by atoms with Crippen molar-refractivity contribution in [3.8, 4) is 0 Å². The summed E-state index contributed by atoms with van der Waals surface area (Å²) in [7, 11) is 0. The third kappa shape index (κ3) is 2.02. The van der Waals surface area contributed by atoms with Crippen LogP contribution in [0.4, 0.5) is 8.78 Å². The highest BCUT2D eigenvalue weighted by Gasteiger charge is 2.15. The molecule has 0 heterocycles. The average Bonchev–Trinajstić information content (AvgIpc) is 2.14. The van der Waals surface area contributed by atoms with Crippen molar-refractivity contribution in [1.29, 1.82) is 0 Å². The van der Waals surface area contributed by atoms with Crippen LogP contribution >= 0.6 is 0 Å². The Morgan fingerprint density at radius 1 is 1.38 bits per heavy atom. The van der Waals surface area contributed by atoms with Gasteiger partial charge in [0.2, 0.25) is 0 Å². The average molecular weight is 187 g/mol. The molecule has 1 aromatic carbocycles. The lowest BCUT2D eigenvalue weighted by Gasteiger charge is -2.12. The van der Waals surface area contributed by atoms with Crippen molar-refractivity contribution >= 4 is 0 Å². The Hall–Kier alpha value is -1.00. The van der Waals surface area contributed by atoms with Gasteiger partial charge < -0.3 is 10.8 Å². The van der Waals surface area contributed by atoms with Gasteiger partial charge in [-0.2, -0.15) is 0 Å². The number of hydrogen-bond acceptors (Lipinski definition) is 2. The number of benzene rings is 1. The third-order valence-electron chi connectivity index (χ3n) is 1.93. The fourth-order valence-electron chi connectivity index (χ4n) is 1.14. The van der Waals surface area contributed by atoms with Crippen LogP contribution in [0.2, 0.25) is 0 Å². The first-order chi connectivity index (χ1) is 6.20. The molecule has 0 fully saturated rings. The highest BCUT2D eigenvalue weighted by atomic mass is 19.2. The molecule has 0 aromatic heterocycles. The van der Waals surface area contributed by atoms with Gasteiger partial charge in [0.15, 0.2) is 11.6 Å². The van der Waals surface area contributed by atoms with Crippen LogP contribution in [0.15, 0.2) is 18.2 Å². The Labute approximate surface area is 75.0 Å². The van der Waals surface area contributed by atoms with E-state index in [9.17, 15) is 8.78 Å². The predicted molar refractivity (Wildman–Crippen MR) is 45.2 cm³/mol. The molecule has 13 heavy (non-hydrogen) atoms. The third-order valence-corrected chi connectivity index (χ3v) is 1.93. The minimum Gasteiger partial charge on any atom is -0.396 e. The van der Waals surface area contributed by atoms with Gasteiger partial charge in [0, 0.05) is 12.5 Å². The summed E-state index contributed by atoms with van der Waals surface area (Å²) in [6.07, 6.45) is 0. The second-order valence-electron chi connectivity index (χ2n) is 2.76. The summed E-state index contributed by atoms with van der Waals surface area (Å²) >= 11 is 0. The summed E-state index contributed by atoms with van der Waals surface area (Å²) in [6, 6.07) is 3.85. The molecule has 4 heteroatoms. The maximum absolute atomic E-state index is 13.1.